The molecular weight excluding hydrogens is 446 g/mol. The first-order valence-corrected chi connectivity index (χ1v) is 14.0. The Labute approximate surface area is 204 Å². The largest absolute Gasteiger partial charge is 0.370 e. The Kier molecular flexibility index (Phi) is 7.92. The van der Waals surface area contributed by atoms with E-state index in [1.807, 2.05) is 39.8 Å². The summed E-state index contributed by atoms with van der Waals surface area (Å²) >= 11 is 0. The highest BCUT2D eigenvalue weighted by atomic mass is 32.2. The first kappa shape index (κ1) is 25.1. The van der Waals surface area contributed by atoms with Crippen LogP contribution in [0.1, 0.15) is 47.7 Å². The lowest BCUT2D eigenvalue weighted by atomic mass is 10.1. The van der Waals surface area contributed by atoms with Crippen molar-refractivity contribution in [3.05, 3.63) is 52.2 Å². The zero-order chi connectivity index (χ0) is 24.3. The molecule has 0 amide bonds. The van der Waals surface area contributed by atoms with Crippen molar-refractivity contribution in [1.82, 2.24) is 19.9 Å². The summed E-state index contributed by atoms with van der Waals surface area (Å²) in [5, 5.41) is 6.93. The van der Waals surface area contributed by atoms with Gasteiger partial charge in [-0.3, -0.25) is 0 Å². The lowest BCUT2D eigenvalue weighted by molar-refractivity contribution is 0.124. The third-order valence-corrected chi connectivity index (χ3v) is 8.65. The molecule has 0 aliphatic carbocycles. The Morgan fingerprint density at radius 2 is 1.91 bits per heavy atom. The number of sulfonamides is 1. The SMILES string of the molecule is Cc1cc(C)c(S(=O)(=O)NC(C)CNC2CN(CCCc3ccc4c(n3)NCCC4)C2)c(C)c1. The van der Waals surface area contributed by atoms with Crippen molar-refractivity contribution in [3.63, 3.8) is 0 Å². The first-order chi connectivity index (χ1) is 16.2. The van der Waals surface area contributed by atoms with E-state index in [2.05, 4.69) is 32.4 Å². The van der Waals surface area contributed by atoms with E-state index >= 15 is 0 Å². The van der Waals surface area contributed by atoms with Crippen LogP contribution in [0.25, 0.3) is 0 Å². The normalized spacial score (nSPS) is 17.6. The van der Waals surface area contributed by atoms with Gasteiger partial charge >= 0.3 is 0 Å². The molecule has 186 valence electrons. The molecule has 34 heavy (non-hydrogen) atoms. The van der Waals surface area contributed by atoms with Crippen LogP contribution in [0, 0.1) is 20.8 Å². The Morgan fingerprint density at radius 1 is 1.18 bits per heavy atom. The van der Waals surface area contributed by atoms with Crippen LogP contribution in [0.15, 0.2) is 29.2 Å². The molecule has 1 aromatic heterocycles. The van der Waals surface area contributed by atoms with Crippen LogP contribution in [0.3, 0.4) is 0 Å². The van der Waals surface area contributed by atoms with Crippen molar-refractivity contribution in [1.29, 1.82) is 0 Å². The minimum absolute atomic E-state index is 0.178. The molecule has 2 aliphatic rings. The van der Waals surface area contributed by atoms with E-state index in [-0.39, 0.29) is 6.04 Å². The maximum absolute atomic E-state index is 12.9. The zero-order valence-corrected chi connectivity index (χ0v) is 21.8. The predicted octanol–water partition coefficient (Wildman–Crippen LogP) is 2.94. The molecule has 2 aliphatic heterocycles. The third kappa shape index (κ3) is 6.16. The van der Waals surface area contributed by atoms with Crippen molar-refractivity contribution in [2.45, 2.75) is 70.4 Å². The number of nitrogens with one attached hydrogen (secondary N) is 3. The molecular formula is C26H39N5O2S. The predicted molar refractivity (Wildman–Crippen MR) is 138 cm³/mol. The Morgan fingerprint density at radius 3 is 2.65 bits per heavy atom. The molecule has 0 radical (unpaired) electrons. The second-order valence-electron chi connectivity index (χ2n) is 10.1. The van der Waals surface area contributed by atoms with Crippen LogP contribution in [0.4, 0.5) is 5.82 Å². The van der Waals surface area contributed by atoms with Crippen LogP contribution >= 0.6 is 0 Å². The maximum Gasteiger partial charge on any atom is 0.241 e. The van der Waals surface area contributed by atoms with Crippen molar-refractivity contribution in [2.24, 2.45) is 0 Å². The molecule has 3 heterocycles. The number of pyridine rings is 1. The number of benzene rings is 1. The average molecular weight is 486 g/mol. The molecule has 1 fully saturated rings. The van der Waals surface area contributed by atoms with Gasteiger partial charge in [0.2, 0.25) is 10.0 Å². The van der Waals surface area contributed by atoms with Crippen LogP contribution in [-0.4, -0.2) is 63.1 Å². The van der Waals surface area contributed by atoms with Gasteiger partial charge in [0.15, 0.2) is 0 Å². The summed E-state index contributed by atoms with van der Waals surface area (Å²) in [5.41, 5.74) is 5.17. The van der Waals surface area contributed by atoms with Crippen LogP contribution in [0.5, 0.6) is 0 Å². The van der Waals surface area contributed by atoms with Crippen LogP contribution in [0.2, 0.25) is 0 Å². The minimum Gasteiger partial charge on any atom is -0.370 e. The molecule has 7 nitrogen and oxygen atoms in total. The molecule has 1 aromatic carbocycles. The molecule has 0 saturated carbocycles. The quantitative estimate of drug-likeness (QED) is 0.480. The number of anilines is 1. The third-order valence-electron chi connectivity index (χ3n) is 6.76. The fourth-order valence-corrected chi connectivity index (χ4v) is 6.87. The average Bonchev–Trinajstić information content (AvgIpc) is 2.73. The molecule has 1 saturated heterocycles. The second kappa shape index (κ2) is 10.7. The van der Waals surface area contributed by atoms with E-state index in [0.717, 1.165) is 67.9 Å². The van der Waals surface area contributed by atoms with Gasteiger partial charge in [-0.25, -0.2) is 18.1 Å². The van der Waals surface area contributed by atoms with Gasteiger partial charge < -0.3 is 15.5 Å². The Bertz CT molecular complexity index is 1090. The first-order valence-electron chi connectivity index (χ1n) is 12.5. The number of rotatable bonds is 10. The summed E-state index contributed by atoms with van der Waals surface area (Å²) < 4.78 is 28.7. The van der Waals surface area contributed by atoms with E-state index in [0.29, 0.717) is 17.5 Å². The number of hydrogen-bond acceptors (Lipinski definition) is 6. The molecule has 2 aromatic rings. The molecule has 0 bridgehead atoms. The highest BCUT2D eigenvalue weighted by molar-refractivity contribution is 7.89. The summed E-state index contributed by atoms with van der Waals surface area (Å²) in [6, 6.07) is 8.49. The zero-order valence-electron chi connectivity index (χ0n) is 20.9. The number of aryl methyl sites for hydroxylation is 5. The van der Waals surface area contributed by atoms with E-state index in [9.17, 15) is 8.42 Å². The van der Waals surface area contributed by atoms with Gasteiger partial charge in [0.1, 0.15) is 5.82 Å². The van der Waals surface area contributed by atoms with Gasteiger partial charge in [0.05, 0.1) is 4.90 Å². The number of fused-ring (bicyclic) bond motifs is 1. The van der Waals surface area contributed by atoms with E-state index < -0.39 is 10.0 Å². The molecule has 1 atom stereocenters. The van der Waals surface area contributed by atoms with E-state index in [1.54, 1.807) is 0 Å². The summed E-state index contributed by atoms with van der Waals surface area (Å²) in [6.45, 7) is 12.4. The Balaban J connectivity index is 1.15. The number of hydrogen-bond donors (Lipinski definition) is 3. The van der Waals surface area contributed by atoms with Crippen molar-refractivity contribution < 1.29 is 8.42 Å². The van der Waals surface area contributed by atoms with Crippen LogP contribution < -0.4 is 15.4 Å². The summed E-state index contributed by atoms with van der Waals surface area (Å²) in [6.07, 6.45) is 4.42. The van der Waals surface area contributed by atoms with Crippen LogP contribution in [-0.2, 0) is 22.9 Å². The molecule has 0 spiro atoms. The molecule has 8 heteroatoms. The Hall–Kier alpha value is -2.00. The number of nitrogens with zero attached hydrogens (tertiary/aromatic N) is 2. The lowest BCUT2D eigenvalue weighted by Gasteiger charge is -2.40. The van der Waals surface area contributed by atoms with Gasteiger partial charge in [-0.2, -0.15) is 0 Å². The highest BCUT2D eigenvalue weighted by Crippen LogP contribution is 2.22. The summed E-state index contributed by atoms with van der Waals surface area (Å²) in [5.74, 6) is 1.08. The number of aromatic nitrogens is 1. The van der Waals surface area contributed by atoms with Crippen molar-refractivity contribution in [2.75, 3.05) is 38.0 Å². The van der Waals surface area contributed by atoms with Gasteiger partial charge in [-0.1, -0.05) is 23.8 Å². The smallest absolute Gasteiger partial charge is 0.241 e. The second-order valence-corrected chi connectivity index (χ2v) is 11.7. The monoisotopic (exact) mass is 485 g/mol. The maximum atomic E-state index is 12.9. The number of likely N-dealkylation sites (tertiary alicyclic amines) is 1. The van der Waals surface area contributed by atoms with Gasteiger partial charge in [0, 0.05) is 44.0 Å². The molecule has 4 rings (SSSR count). The minimum atomic E-state index is -3.54. The van der Waals surface area contributed by atoms with Crippen molar-refractivity contribution >= 4 is 15.8 Å². The standard InChI is InChI=1S/C26H39N5O2S/c1-18-13-19(2)25(20(3)14-18)34(32,33)30-21(4)15-28-24-16-31(17-24)12-6-8-23-10-9-22-7-5-11-27-26(22)29-23/h9-10,13-14,21,24,28,30H,5-8,11-12,15-17H2,1-4H3,(H,27,29). The summed E-state index contributed by atoms with van der Waals surface area (Å²) in [7, 11) is -3.54. The topological polar surface area (TPSA) is 86.4 Å². The van der Waals surface area contributed by atoms with E-state index in [4.69, 9.17) is 4.98 Å². The lowest BCUT2D eigenvalue weighted by Crippen LogP contribution is -2.59. The summed E-state index contributed by atoms with van der Waals surface area (Å²) in [4.78, 5) is 7.64. The van der Waals surface area contributed by atoms with E-state index in [1.165, 1.54) is 17.7 Å². The fraction of sp³-hybridized carbons (Fsp3) is 0.577. The van der Waals surface area contributed by atoms with Crippen molar-refractivity contribution in [3.8, 4) is 0 Å². The molecule has 1 unspecified atom stereocenters. The van der Waals surface area contributed by atoms with Gasteiger partial charge in [-0.15, -0.1) is 0 Å². The fourth-order valence-electron chi connectivity index (χ4n) is 5.17. The van der Waals surface area contributed by atoms with Gasteiger partial charge in [-0.05, 0) is 82.7 Å². The highest BCUT2D eigenvalue weighted by Gasteiger charge is 2.27. The molecule has 3 N–H and O–H groups in total. The van der Waals surface area contributed by atoms with Gasteiger partial charge in [0.25, 0.3) is 0 Å².